The Balaban J connectivity index is 3.17. The highest BCUT2D eigenvalue weighted by Gasteiger charge is 2.19. The number of phenolic OH excluding ortho intramolecular Hbond substituents is 2. The number of aromatic hydroxyl groups is 2. The average molecular weight is 211 g/mol. The van der Waals surface area contributed by atoms with Gasteiger partial charge in [-0.05, 0) is 32.9 Å². The zero-order valence-electron chi connectivity index (χ0n) is 9.18. The fourth-order valence-electron chi connectivity index (χ4n) is 1.64. The van der Waals surface area contributed by atoms with E-state index >= 15 is 0 Å². The second-order valence-corrected chi connectivity index (χ2v) is 3.78. The molecule has 1 atom stereocenters. The molecule has 0 saturated carbocycles. The molecule has 0 fully saturated rings. The van der Waals surface area contributed by atoms with E-state index in [1.165, 1.54) is 6.07 Å². The third-order valence-electron chi connectivity index (χ3n) is 2.23. The highest BCUT2D eigenvalue weighted by Crippen LogP contribution is 2.36. The number of phenols is 2. The van der Waals surface area contributed by atoms with Gasteiger partial charge in [0.25, 0.3) is 0 Å². The Kier molecular flexibility index (Phi) is 3.42. The number of anilines is 1. The van der Waals surface area contributed by atoms with E-state index in [-0.39, 0.29) is 17.5 Å². The van der Waals surface area contributed by atoms with E-state index < -0.39 is 6.23 Å². The first-order valence-corrected chi connectivity index (χ1v) is 4.92. The Morgan fingerprint density at radius 3 is 2.20 bits per heavy atom. The molecule has 1 aromatic carbocycles. The lowest BCUT2D eigenvalue weighted by atomic mass is 10.2. The zero-order valence-corrected chi connectivity index (χ0v) is 9.18. The fraction of sp³-hybridized carbons (Fsp3) is 0.455. The molecule has 0 amide bonds. The quantitative estimate of drug-likeness (QED) is 0.525. The highest BCUT2D eigenvalue weighted by molar-refractivity contribution is 5.64. The van der Waals surface area contributed by atoms with Crippen LogP contribution in [-0.4, -0.2) is 27.6 Å². The molecule has 84 valence electrons. The Bertz CT molecular complexity index is 329. The van der Waals surface area contributed by atoms with E-state index in [9.17, 15) is 15.3 Å². The van der Waals surface area contributed by atoms with Crippen molar-refractivity contribution in [1.29, 1.82) is 0 Å². The molecule has 1 aromatic rings. The number of aliphatic hydroxyl groups excluding tert-OH is 1. The second-order valence-electron chi connectivity index (χ2n) is 3.78. The lowest BCUT2D eigenvalue weighted by molar-refractivity contribution is 0.179. The van der Waals surface area contributed by atoms with Crippen molar-refractivity contribution in [2.75, 3.05) is 4.90 Å². The van der Waals surface area contributed by atoms with E-state index in [1.54, 1.807) is 24.0 Å². The van der Waals surface area contributed by atoms with Crippen molar-refractivity contribution in [3.05, 3.63) is 18.2 Å². The van der Waals surface area contributed by atoms with E-state index in [1.807, 2.05) is 13.8 Å². The summed E-state index contributed by atoms with van der Waals surface area (Å²) < 4.78 is 0. The molecule has 0 aliphatic heterocycles. The molecule has 1 rings (SSSR count). The summed E-state index contributed by atoms with van der Waals surface area (Å²) >= 11 is 0. The minimum atomic E-state index is -0.724. The third-order valence-corrected chi connectivity index (χ3v) is 2.23. The van der Waals surface area contributed by atoms with Gasteiger partial charge in [-0.1, -0.05) is 6.07 Å². The van der Waals surface area contributed by atoms with Crippen molar-refractivity contribution in [2.24, 2.45) is 0 Å². The van der Waals surface area contributed by atoms with Crippen LogP contribution < -0.4 is 4.90 Å². The Labute approximate surface area is 89.4 Å². The lowest BCUT2D eigenvalue weighted by Gasteiger charge is -2.32. The number of hydrogen-bond acceptors (Lipinski definition) is 4. The van der Waals surface area contributed by atoms with Gasteiger partial charge in [-0.15, -0.1) is 0 Å². The molecule has 0 aliphatic rings. The van der Waals surface area contributed by atoms with Gasteiger partial charge in [-0.2, -0.15) is 0 Å². The van der Waals surface area contributed by atoms with Crippen LogP contribution in [0.2, 0.25) is 0 Å². The van der Waals surface area contributed by atoms with Crippen molar-refractivity contribution in [2.45, 2.75) is 33.0 Å². The molecule has 0 saturated heterocycles. The monoisotopic (exact) mass is 211 g/mol. The maximum absolute atomic E-state index is 9.66. The number of hydrogen-bond donors (Lipinski definition) is 3. The Morgan fingerprint density at radius 2 is 1.73 bits per heavy atom. The summed E-state index contributed by atoms with van der Waals surface area (Å²) in [4.78, 5) is 1.62. The van der Waals surface area contributed by atoms with Crippen LogP contribution >= 0.6 is 0 Å². The van der Waals surface area contributed by atoms with Gasteiger partial charge < -0.3 is 20.2 Å². The van der Waals surface area contributed by atoms with Crippen LogP contribution in [0.4, 0.5) is 5.69 Å². The molecule has 0 aliphatic carbocycles. The van der Waals surface area contributed by atoms with Crippen molar-refractivity contribution >= 4 is 5.69 Å². The zero-order chi connectivity index (χ0) is 11.6. The predicted octanol–water partition coefficient (Wildman–Crippen LogP) is 1.65. The van der Waals surface area contributed by atoms with Gasteiger partial charge in [-0.3, -0.25) is 0 Å². The third kappa shape index (κ3) is 2.33. The average Bonchev–Trinajstić information content (AvgIpc) is 2.11. The summed E-state index contributed by atoms with van der Waals surface area (Å²) in [5.74, 6) is -0.383. The van der Waals surface area contributed by atoms with E-state index in [2.05, 4.69) is 0 Å². The largest absolute Gasteiger partial charge is 0.504 e. The maximum Gasteiger partial charge on any atom is 0.181 e. The minimum Gasteiger partial charge on any atom is -0.504 e. The van der Waals surface area contributed by atoms with E-state index in [0.717, 1.165) is 0 Å². The second kappa shape index (κ2) is 4.40. The molecule has 0 bridgehead atoms. The first-order valence-electron chi connectivity index (χ1n) is 4.92. The van der Waals surface area contributed by atoms with Gasteiger partial charge in [0.15, 0.2) is 11.5 Å². The van der Waals surface area contributed by atoms with Gasteiger partial charge in [0.1, 0.15) is 6.23 Å². The van der Waals surface area contributed by atoms with Gasteiger partial charge in [-0.25, -0.2) is 0 Å². The number of aliphatic hydroxyl groups is 1. The van der Waals surface area contributed by atoms with Crippen LogP contribution in [0.5, 0.6) is 11.5 Å². The molecule has 0 radical (unpaired) electrons. The summed E-state index contributed by atoms with van der Waals surface area (Å²) in [6, 6.07) is 4.71. The molecule has 0 aromatic heterocycles. The SMILES string of the molecule is CC(C)N(c1cccc(O)c1O)C(C)O. The molecule has 4 heteroatoms. The molecule has 15 heavy (non-hydrogen) atoms. The molecule has 3 N–H and O–H groups in total. The summed E-state index contributed by atoms with van der Waals surface area (Å²) in [5, 5.41) is 28.6. The topological polar surface area (TPSA) is 63.9 Å². The van der Waals surface area contributed by atoms with E-state index in [0.29, 0.717) is 5.69 Å². The normalized spacial score (nSPS) is 12.9. The van der Waals surface area contributed by atoms with Crippen LogP contribution in [0, 0.1) is 0 Å². The number of nitrogens with zero attached hydrogens (tertiary/aromatic N) is 1. The van der Waals surface area contributed by atoms with Crippen molar-refractivity contribution in [3.8, 4) is 11.5 Å². The molecular weight excluding hydrogens is 194 g/mol. The predicted molar refractivity (Wildman–Crippen MR) is 59.1 cm³/mol. The summed E-state index contributed by atoms with van der Waals surface area (Å²) in [6.45, 7) is 5.41. The summed E-state index contributed by atoms with van der Waals surface area (Å²) in [5.41, 5.74) is 0.431. The van der Waals surface area contributed by atoms with Crippen molar-refractivity contribution < 1.29 is 15.3 Å². The summed E-state index contributed by atoms with van der Waals surface area (Å²) in [6.07, 6.45) is -0.724. The maximum atomic E-state index is 9.66. The molecule has 4 nitrogen and oxygen atoms in total. The number of para-hydroxylation sites is 1. The Morgan fingerprint density at radius 1 is 1.13 bits per heavy atom. The molecule has 0 spiro atoms. The van der Waals surface area contributed by atoms with Gasteiger partial charge in [0.2, 0.25) is 0 Å². The molecule has 0 heterocycles. The lowest BCUT2D eigenvalue weighted by Crippen LogP contribution is -2.38. The van der Waals surface area contributed by atoms with Crippen molar-refractivity contribution in [1.82, 2.24) is 0 Å². The standard InChI is InChI=1S/C11H17NO3/c1-7(2)12(8(3)13)9-5-4-6-10(14)11(9)15/h4-8,13-15H,1-3H3. The van der Waals surface area contributed by atoms with Crippen LogP contribution in [0.1, 0.15) is 20.8 Å². The smallest absolute Gasteiger partial charge is 0.181 e. The number of benzene rings is 1. The van der Waals surface area contributed by atoms with Gasteiger partial charge in [0.05, 0.1) is 5.69 Å². The number of rotatable bonds is 3. The van der Waals surface area contributed by atoms with E-state index in [4.69, 9.17) is 0 Å². The van der Waals surface area contributed by atoms with Crippen LogP contribution in [0.15, 0.2) is 18.2 Å². The molecule has 1 unspecified atom stereocenters. The van der Waals surface area contributed by atoms with Gasteiger partial charge in [0, 0.05) is 6.04 Å². The van der Waals surface area contributed by atoms with Crippen LogP contribution in [-0.2, 0) is 0 Å². The van der Waals surface area contributed by atoms with Crippen molar-refractivity contribution in [3.63, 3.8) is 0 Å². The highest BCUT2D eigenvalue weighted by atomic mass is 16.3. The first kappa shape index (κ1) is 11.7. The van der Waals surface area contributed by atoms with Crippen LogP contribution in [0.3, 0.4) is 0 Å². The minimum absolute atomic E-state index is 0.0256. The Hall–Kier alpha value is -1.42. The summed E-state index contributed by atoms with van der Waals surface area (Å²) in [7, 11) is 0. The molecular formula is C11H17NO3. The van der Waals surface area contributed by atoms with Crippen LogP contribution in [0.25, 0.3) is 0 Å². The van der Waals surface area contributed by atoms with Gasteiger partial charge >= 0.3 is 0 Å². The fourth-order valence-corrected chi connectivity index (χ4v) is 1.64. The first-order chi connectivity index (χ1) is 6.95.